The van der Waals surface area contributed by atoms with Gasteiger partial charge in [-0.25, -0.2) is 4.39 Å². The van der Waals surface area contributed by atoms with Crippen molar-refractivity contribution in [1.82, 2.24) is 5.32 Å². The Balaban J connectivity index is 1.68. The first-order valence-corrected chi connectivity index (χ1v) is 7.00. The maximum atomic E-state index is 13.2. The molecule has 110 valence electrons. The number of nitrogens with one attached hydrogen (secondary N) is 1. The molecule has 0 radical (unpaired) electrons. The fourth-order valence-electron chi connectivity index (χ4n) is 2.10. The average molecular weight is 301 g/mol. The van der Waals surface area contributed by atoms with Crippen molar-refractivity contribution in [3.63, 3.8) is 0 Å². The van der Waals surface area contributed by atoms with E-state index >= 15 is 0 Å². The van der Waals surface area contributed by atoms with Gasteiger partial charge >= 0.3 is 0 Å². The highest BCUT2D eigenvalue weighted by molar-refractivity contribution is 6.30. The first kappa shape index (κ1) is 15.1. The van der Waals surface area contributed by atoms with Gasteiger partial charge < -0.3 is 15.8 Å². The molecular formula is C14H18ClFN2O2. The van der Waals surface area contributed by atoms with Gasteiger partial charge in [-0.3, -0.25) is 4.79 Å². The van der Waals surface area contributed by atoms with Crippen LogP contribution in [-0.2, 0) is 4.79 Å². The molecule has 6 heteroatoms. The van der Waals surface area contributed by atoms with Gasteiger partial charge in [0.2, 0.25) is 0 Å². The van der Waals surface area contributed by atoms with Gasteiger partial charge in [0.05, 0.1) is 5.02 Å². The lowest BCUT2D eigenvalue weighted by atomic mass is 9.75. The molecule has 0 spiro atoms. The van der Waals surface area contributed by atoms with Gasteiger partial charge in [-0.05, 0) is 37.8 Å². The van der Waals surface area contributed by atoms with Crippen LogP contribution >= 0.6 is 11.6 Å². The normalized spacial score (nSPS) is 16.4. The van der Waals surface area contributed by atoms with Crippen LogP contribution in [0.5, 0.6) is 5.75 Å². The second kappa shape index (κ2) is 6.41. The van der Waals surface area contributed by atoms with E-state index in [1.165, 1.54) is 12.1 Å². The van der Waals surface area contributed by atoms with E-state index in [1.807, 2.05) is 0 Å². The molecule has 1 aromatic carbocycles. The molecule has 1 aromatic rings. The summed E-state index contributed by atoms with van der Waals surface area (Å²) < 4.78 is 18.3. The van der Waals surface area contributed by atoms with Crippen molar-refractivity contribution in [2.24, 2.45) is 5.73 Å². The molecular weight excluding hydrogens is 283 g/mol. The summed E-state index contributed by atoms with van der Waals surface area (Å²) in [6.07, 6.45) is 3.97. The van der Waals surface area contributed by atoms with Crippen LogP contribution in [0.1, 0.15) is 25.7 Å². The summed E-state index contributed by atoms with van der Waals surface area (Å²) in [5.74, 6) is -0.542. The van der Waals surface area contributed by atoms with Crippen molar-refractivity contribution in [1.29, 1.82) is 0 Å². The van der Waals surface area contributed by atoms with E-state index in [1.54, 1.807) is 0 Å². The molecule has 1 amide bonds. The molecule has 0 aliphatic heterocycles. The van der Waals surface area contributed by atoms with Crippen molar-refractivity contribution in [2.45, 2.75) is 31.2 Å². The minimum atomic E-state index is -0.570. The van der Waals surface area contributed by atoms with Crippen LogP contribution in [0.4, 0.5) is 4.39 Å². The van der Waals surface area contributed by atoms with Crippen LogP contribution in [-0.4, -0.2) is 24.6 Å². The van der Waals surface area contributed by atoms with Crippen molar-refractivity contribution < 1.29 is 13.9 Å². The smallest absolute Gasteiger partial charge is 0.257 e. The lowest BCUT2D eigenvalue weighted by molar-refractivity contribution is -0.123. The summed E-state index contributed by atoms with van der Waals surface area (Å²) in [6, 6.07) is 4.06. The second-order valence-electron chi connectivity index (χ2n) is 5.18. The summed E-state index contributed by atoms with van der Waals surface area (Å²) in [4.78, 5) is 11.6. The molecule has 0 atom stereocenters. The summed E-state index contributed by atoms with van der Waals surface area (Å²) >= 11 is 5.55. The quantitative estimate of drug-likeness (QED) is 0.847. The zero-order valence-electron chi connectivity index (χ0n) is 11.1. The molecule has 0 saturated heterocycles. The molecule has 1 fully saturated rings. The fraction of sp³-hybridized carbons (Fsp3) is 0.500. The molecule has 0 heterocycles. The number of amides is 1. The predicted octanol–water partition coefficient (Wildman–Crippen LogP) is 2.25. The molecule has 3 N–H and O–H groups in total. The van der Waals surface area contributed by atoms with Crippen molar-refractivity contribution in [2.75, 3.05) is 13.2 Å². The highest BCUT2D eigenvalue weighted by Gasteiger charge is 2.31. The number of hydrogen-bond acceptors (Lipinski definition) is 3. The van der Waals surface area contributed by atoms with Crippen LogP contribution in [0.15, 0.2) is 18.2 Å². The summed E-state index contributed by atoms with van der Waals surface area (Å²) in [5, 5.41) is 2.76. The summed E-state index contributed by atoms with van der Waals surface area (Å²) in [7, 11) is 0. The van der Waals surface area contributed by atoms with Crippen LogP contribution < -0.4 is 15.8 Å². The van der Waals surface area contributed by atoms with E-state index < -0.39 is 5.82 Å². The summed E-state index contributed by atoms with van der Waals surface area (Å²) in [6.45, 7) is 0.381. The average Bonchev–Trinajstić information content (AvgIpc) is 2.38. The Morgan fingerprint density at radius 1 is 1.50 bits per heavy atom. The van der Waals surface area contributed by atoms with Crippen LogP contribution in [0.25, 0.3) is 0 Å². The Morgan fingerprint density at radius 2 is 2.25 bits per heavy atom. The molecule has 1 saturated carbocycles. The lowest BCUT2D eigenvalue weighted by Gasteiger charge is -2.38. The van der Waals surface area contributed by atoms with E-state index in [0.29, 0.717) is 6.54 Å². The topological polar surface area (TPSA) is 64.3 Å². The second-order valence-corrected chi connectivity index (χ2v) is 5.59. The molecule has 20 heavy (non-hydrogen) atoms. The van der Waals surface area contributed by atoms with Gasteiger partial charge in [0, 0.05) is 18.2 Å². The zero-order valence-corrected chi connectivity index (χ0v) is 11.9. The number of nitrogens with two attached hydrogens (primary N) is 1. The minimum Gasteiger partial charge on any atom is -0.484 e. The Hall–Kier alpha value is -1.33. The maximum Gasteiger partial charge on any atom is 0.257 e. The molecule has 4 nitrogen and oxygen atoms in total. The minimum absolute atomic E-state index is 0.0237. The van der Waals surface area contributed by atoms with Gasteiger partial charge in [0.1, 0.15) is 11.6 Å². The van der Waals surface area contributed by atoms with Gasteiger partial charge in [-0.2, -0.15) is 0 Å². The Kier molecular flexibility index (Phi) is 4.83. The van der Waals surface area contributed by atoms with Crippen LogP contribution in [0.3, 0.4) is 0 Å². The third-order valence-corrected chi connectivity index (χ3v) is 3.86. The van der Waals surface area contributed by atoms with Crippen molar-refractivity contribution in [3.05, 3.63) is 29.0 Å². The van der Waals surface area contributed by atoms with E-state index in [4.69, 9.17) is 22.1 Å². The van der Waals surface area contributed by atoms with Crippen molar-refractivity contribution in [3.8, 4) is 5.75 Å². The van der Waals surface area contributed by atoms with Gasteiger partial charge in [0.15, 0.2) is 6.61 Å². The molecule has 0 unspecified atom stereocenters. The standard InChI is InChI=1S/C14H18ClFN2O2/c15-11-3-2-10(8-12(11)16)20-9-13(19)18-7-6-14(17)4-1-5-14/h2-3,8H,1,4-7,9,17H2,(H,18,19). The zero-order chi connectivity index (χ0) is 14.6. The highest BCUT2D eigenvalue weighted by Crippen LogP contribution is 2.31. The van der Waals surface area contributed by atoms with Crippen molar-refractivity contribution >= 4 is 17.5 Å². The molecule has 1 aliphatic rings. The van der Waals surface area contributed by atoms with E-state index in [2.05, 4.69) is 5.32 Å². The van der Waals surface area contributed by atoms with Gasteiger partial charge in [-0.1, -0.05) is 11.6 Å². The molecule has 2 rings (SSSR count). The number of halogens is 2. The monoisotopic (exact) mass is 300 g/mol. The highest BCUT2D eigenvalue weighted by atomic mass is 35.5. The number of hydrogen-bond donors (Lipinski definition) is 2. The largest absolute Gasteiger partial charge is 0.484 e. The Labute approximate surface area is 122 Å². The SMILES string of the molecule is NC1(CCNC(=O)COc2ccc(Cl)c(F)c2)CCC1. The fourth-order valence-corrected chi connectivity index (χ4v) is 2.22. The van der Waals surface area contributed by atoms with Crippen LogP contribution in [0, 0.1) is 5.82 Å². The third-order valence-electron chi connectivity index (χ3n) is 3.56. The van der Waals surface area contributed by atoms with Gasteiger partial charge in [0.25, 0.3) is 5.91 Å². The number of rotatable bonds is 6. The predicted molar refractivity (Wildman–Crippen MR) is 75.3 cm³/mol. The van der Waals surface area contributed by atoms with Crippen LogP contribution in [0.2, 0.25) is 5.02 Å². The van der Waals surface area contributed by atoms with E-state index in [-0.39, 0.29) is 28.8 Å². The van der Waals surface area contributed by atoms with E-state index in [9.17, 15) is 9.18 Å². The molecule has 0 aromatic heterocycles. The lowest BCUT2D eigenvalue weighted by Crippen LogP contribution is -2.49. The van der Waals surface area contributed by atoms with Gasteiger partial charge in [-0.15, -0.1) is 0 Å². The molecule has 0 bridgehead atoms. The number of ether oxygens (including phenoxy) is 1. The summed E-state index contributed by atoms with van der Waals surface area (Å²) in [5.41, 5.74) is 5.94. The number of carbonyl (C=O) groups excluding carboxylic acids is 1. The Morgan fingerprint density at radius 3 is 2.85 bits per heavy atom. The first-order chi connectivity index (χ1) is 9.48. The third kappa shape index (κ3) is 4.08. The number of benzene rings is 1. The first-order valence-electron chi connectivity index (χ1n) is 6.62. The molecule has 1 aliphatic carbocycles. The Bertz CT molecular complexity index is 492. The number of carbonyl (C=O) groups is 1. The van der Waals surface area contributed by atoms with E-state index in [0.717, 1.165) is 31.7 Å². The maximum absolute atomic E-state index is 13.2.